The molecule has 0 aliphatic heterocycles. The van der Waals surface area contributed by atoms with E-state index in [4.69, 9.17) is 9.16 Å². The molecule has 0 unspecified atom stereocenters. The standard InChI is InChI=1S/C19H31NO2Si/c1-19(2,3)23(6,7)22-13-12-16-15-10-8-9-11-17(15)20(4)18(16)14-21-5/h8-11H,12-14H2,1-7H3. The fraction of sp³-hybridized carbons (Fsp3) is 0.579. The van der Waals surface area contributed by atoms with Crippen molar-refractivity contribution in [3.05, 3.63) is 35.5 Å². The summed E-state index contributed by atoms with van der Waals surface area (Å²) in [5.74, 6) is 0. The molecule has 2 aromatic rings. The number of aryl methyl sites for hydroxylation is 1. The second kappa shape index (κ2) is 6.79. The van der Waals surface area contributed by atoms with E-state index in [1.165, 1.54) is 22.2 Å². The first-order valence-corrected chi connectivity index (χ1v) is 11.3. The van der Waals surface area contributed by atoms with Gasteiger partial charge in [-0.05, 0) is 36.2 Å². The van der Waals surface area contributed by atoms with Crippen LogP contribution in [0.5, 0.6) is 0 Å². The van der Waals surface area contributed by atoms with Crippen LogP contribution in [0.3, 0.4) is 0 Å². The molecule has 0 aliphatic carbocycles. The van der Waals surface area contributed by atoms with E-state index in [2.05, 4.69) is 69.7 Å². The van der Waals surface area contributed by atoms with Gasteiger partial charge in [-0.1, -0.05) is 39.0 Å². The van der Waals surface area contributed by atoms with Crippen molar-refractivity contribution < 1.29 is 9.16 Å². The molecule has 0 bridgehead atoms. The Morgan fingerprint density at radius 1 is 1.13 bits per heavy atom. The Kier molecular flexibility index (Phi) is 5.39. The SMILES string of the molecule is COCc1c(CCO[Si](C)(C)C(C)(C)C)c2ccccc2n1C. The van der Waals surface area contributed by atoms with Gasteiger partial charge in [-0.3, -0.25) is 0 Å². The van der Waals surface area contributed by atoms with E-state index in [9.17, 15) is 0 Å². The second-order valence-electron chi connectivity index (χ2n) is 7.79. The quantitative estimate of drug-likeness (QED) is 0.703. The van der Waals surface area contributed by atoms with Crippen molar-refractivity contribution in [3.8, 4) is 0 Å². The zero-order chi connectivity index (χ0) is 17.3. The number of aromatic nitrogens is 1. The van der Waals surface area contributed by atoms with Crippen LogP contribution in [0.25, 0.3) is 10.9 Å². The minimum absolute atomic E-state index is 0.251. The zero-order valence-electron chi connectivity index (χ0n) is 15.7. The van der Waals surface area contributed by atoms with Gasteiger partial charge in [-0.15, -0.1) is 0 Å². The Morgan fingerprint density at radius 3 is 2.39 bits per heavy atom. The zero-order valence-corrected chi connectivity index (χ0v) is 16.7. The molecule has 0 atom stereocenters. The predicted octanol–water partition coefficient (Wildman–Crippen LogP) is 4.89. The van der Waals surface area contributed by atoms with Gasteiger partial charge in [0.05, 0.1) is 6.61 Å². The molecule has 0 fully saturated rings. The molecule has 1 aromatic heterocycles. The van der Waals surface area contributed by atoms with Crippen LogP contribution in [0, 0.1) is 0 Å². The Labute approximate surface area is 141 Å². The lowest BCUT2D eigenvalue weighted by atomic mass is 10.1. The lowest BCUT2D eigenvalue weighted by Gasteiger charge is -2.36. The largest absolute Gasteiger partial charge is 0.416 e. The number of rotatable bonds is 6. The van der Waals surface area contributed by atoms with Crippen molar-refractivity contribution in [2.75, 3.05) is 13.7 Å². The molecule has 4 heteroatoms. The van der Waals surface area contributed by atoms with Crippen molar-refractivity contribution in [2.24, 2.45) is 7.05 Å². The molecule has 0 radical (unpaired) electrons. The fourth-order valence-electron chi connectivity index (χ4n) is 2.75. The first-order valence-electron chi connectivity index (χ1n) is 8.37. The minimum Gasteiger partial charge on any atom is -0.416 e. The number of para-hydroxylation sites is 1. The first kappa shape index (κ1) is 18.2. The maximum absolute atomic E-state index is 6.38. The van der Waals surface area contributed by atoms with E-state index in [1.807, 2.05) is 0 Å². The summed E-state index contributed by atoms with van der Waals surface area (Å²) >= 11 is 0. The second-order valence-corrected chi connectivity index (χ2v) is 12.6. The van der Waals surface area contributed by atoms with E-state index in [0.29, 0.717) is 6.61 Å². The highest BCUT2D eigenvalue weighted by Gasteiger charge is 2.37. The maximum atomic E-state index is 6.38. The lowest BCUT2D eigenvalue weighted by molar-refractivity contribution is 0.178. The van der Waals surface area contributed by atoms with E-state index in [-0.39, 0.29) is 5.04 Å². The fourth-order valence-corrected chi connectivity index (χ4v) is 3.79. The van der Waals surface area contributed by atoms with Crippen LogP contribution >= 0.6 is 0 Å². The average Bonchev–Trinajstić information content (AvgIpc) is 2.72. The van der Waals surface area contributed by atoms with Crippen LogP contribution in [-0.2, 0) is 29.2 Å². The van der Waals surface area contributed by atoms with Gasteiger partial charge in [0.2, 0.25) is 0 Å². The Balaban J connectivity index is 2.24. The molecule has 1 aromatic carbocycles. The molecule has 3 nitrogen and oxygen atoms in total. The van der Waals surface area contributed by atoms with Crippen LogP contribution in [0.2, 0.25) is 18.1 Å². The molecule has 0 saturated carbocycles. The summed E-state index contributed by atoms with van der Waals surface area (Å²) in [6, 6.07) is 8.58. The van der Waals surface area contributed by atoms with E-state index in [0.717, 1.165) is 13.0 Å². The number of hydrogen-bond donors (Lipinski definition) is 0. The van der Waals surface area contributed by atoms with Crippen LogP contribution in [0.15, 0.2) is 24.3 Å². The summed E-state index contributed by atoms with van der Waals surface area (Å²) in [6.45, 7) is 12.9. The molecule has 0 saturated heterocycles. The molecular formula is C19H31NO2Si. The third-order valence-corrected chi connectivity index (χ3v) is 9.78. The smallest absolute Gasteiger partial charge is 0.191 e. The third kappa shape index (κ3) is 3.70. The highest BCUT2D eigenvalue weighted by atomic mass is 28.4. The van der Waals surface area contributed by atoms with Crippen molar-refractivity contribution in [3.63, 3.8) is 0 Å². The topological polar surface area (TPSA) is 23.4 Å². The monoisotopic (exact) mass is 333 g/mol. The molecule has 0 spiro atoms. The van der Waals surface area contributed by atoms with Gasteiger partial charge in [0, 0.05) is 37.4 Å². The number of nitrogens with zero attached hydrogens (tertiary/aromatic N) is 1. The number of fused-ring (bicyclic) bond motifs is 1. The number of hydrogen-bond acceptors (Lipinski definition) is 2. The Morgan fingerprint density at radius 2 is 1.78 bits per heavy atom. The van der Waals surface area contributed by atoms with Crippen molar-refractivity contribution >= 4 is 19.2 Å². The molecule has 128 valence electrons. The van der Waals surface area contributed by atoms with Gasteiger partial charge in [0.15, 0.2) is 8.32 Å². The normalized spacial score (nSPS) is 13.0. The van der Waals surface area contributed by atoms with Gasteiger partial charge in [-0.2, -0.15) is 0 Å². The summed E-state index contributed by atoms with van der Waals surface area (Å²) in [6.07, 6.45) is 0.937. The van der Waals surface area contributed by atoms with E-state index < -0.39 is 8.32 Å². The van der Waals surface area contributed by atoms with Gasteiger partial charge < -0.3 is 13.7 Å². The summed E-state index contributed by atoms with van der Waals surface area (Å²) in [7, 11) is 2.18. The summed E-state index contributed by atoms with van der Waals surface area (Å²) in [5.41, 5.74) is 3.89. The summed E-state index contributed by atoms with van der Waals surface area (Å²) in [4.78, 5) is 0. The molecular weight excluding hydrogens is 302 g/mol. The lowest BCUT2D eigenvalue weighted by Crippen LogP contribution is -2.41. The van der Waals surface area contributed by atoms with Gasteiger partial charge in [-0.25, -0.2) is 0 Å². The summed E-state index contributed by atoms with van der Waals surface area (Å²) in [5, 5.41) is 1.57. The number of methoxy groups -OCH3 is 1. The number of benzene rings is 1. The molecule has 23 heavy (non-hydrogen) atoms. The van der Waals surface area contributed by atoms with E-state index >= 15 is 0 Å². The van der Waals surface area contributed by atoms with Crippen molar-refractivity contribution in [1.29, 1.82) is 0 Å². The van der Waals surface area contributed by atoms with Gasteiger partial charge in [0.25, 0.3) is 0 Å². The highest BCUT2D eigenvalue weighted by Crippen LogP contribution is 2.36. The number of ether oxygens (including phenoxy) is 1. The van der Waals surface area contributed by atoms with Crippen LogP contribution in [0.1, 0.15) is 32.0 Å². The predicted molar refractivity (Wildman–Crippen MR) is 100 cm³/mol. The molecule has 0 aliphatic rings. The van der Waals surface area contributed by atoms with Gasteiger partial charge in [0.1, 0.15) is 0 Å². The van der Waals surface area contributed by atoms with Crippen LogP contribution < -0.4 is 0 Å². The molecule has 0 amide bonds. The highest BCUT2D eigenvalue weighted by molar-refractivity contribution is 6.74. The molecule has 0 N–H and O–H groups in total. The summed E-state index contributed by atoms with van der Waals surface area (Å²) < 4.78 is 14.1. The van der Waals surface area contributed by atoms with Gasteiger partial charge >= 0.3 is 0 Å². The van der Waals surface area contributed by atoms with Crippen LogP contribution in [0.4, 0.5) is 0 Å². The average molecular weight is 334 g/mol. The van der Waals surface area contributed by atoms with Crippen molar-refractivity contribution in [1.82, 2.24) is 4.57 Å². The third-order valence-electron chi connectivity index (χ3n) is 5.25. The maximum Gasteiger partial charge on any atom is 0.191 e. The minimum atomic E-state index is -1.69. The Hall–Kier alpha value is -1.10. The first-order chi connectivity index (χ1) is 10.7. The molecule has 2 rings (SSSR count). The van der Waals surface area contributed by atoms with Crippen molar-refractivity contribution in [2.45, 2.75) is 51.9 Å². The molecule has 1 heterocycles. The van der Waals surface area contributed by atoms with Crippen LogP contribution in [-0.4, -0.2) is 26.6 Å². The Bertz CT molecular complexity index is 668. The van der Waals surface area contributed by atoms with E-state index in [1.54, 1.807) is 7.11 Å².